The lowest BCUT2D eigenvalue weighted by atomic mass is 9.79. The summed E-state index contributed by atoms with van der Waals surface area (Å²) >= 11 is 0. The fraction of sp³-hybridized carbons (Fsp3) is 0.227. The van der Waals surface area contributed by atoms with Crippen LogP contribution in [0.4, 0.5) is 10.5 Å². The Bertz CT molecular complexity index is 1080. The number of aliphatic carboxylic acids is 1. The van der Waals surface area contributed by atoms with Gasteiger partial charge in [0.25, 0.3) is 0 Å². The van der Waals surface area contributed by atoms with Crippen molar-refractivity contribution >= 4 is 35.5 Å². The van der Waals surface area contributed by atoms with Crippen LogP contribution in [-0.4, -0.2) is 65.6 Å². The molecule has 2 amide bonds. The Morgan fingerprint density at radius 2 is 1.88 bits per heavy atom. The number of hydrogen-bond donors (Lipinski definition) is 4. The monoisotopic (exact) mass is 452 g/mol. The van der Waals surface area contributed by atoms with Crippen LogP contribution in [0.5, 0.6) is 0 Å². The number of hydrazine groups is 2. The first-order valence-electron chi connectivity index (χ1n) is 10.0. The Morgan fingerprint density at radius 3 is 2.48 bits per heavy atom. The molecule has 11 nitrogen and oxygen atoms in total. The van der Waals surface area contributed by atoms with Gasteiger partial charge in [0, 0.05) is 13.1 Å². The van der Waals surface area contributed by atoms with Crippen LogP contribution in [0.1, 0.15) is 11.1 Å². The van der Waals surface area contributed by atoms with Gasteiger partial charge in [-0.15, -0.1) is 0 Å². The first-order valence-corrected chi connectivity index (χ1v) is 10.0. The number of hydrogen-bond acceptors (Lipinski definition) is 7. The predicted molar refractivity (Wildman–Crippen MR) is 121 cm³/mol. The molecule has 0 aliphatic carbocycles. The number of nitrogens with two attached hydrogens (primary N) is 2. The summed E-state index contributed by atoms with van der Waals surface area (Å²) in [5.41, 5.74) is 0.124. The third-order valence-electron chi connectivity index (χ3n) is 5.24. The number of morpholine rings is 1. The molecule has 0 aromatic heterocycles. The molecule has 172 valence electrons. The predicted octanol–water partition coefficient (Wildman–Crippen LogP) is 0.633. The van der Waals surface area contributed by atoms with Crippen molar-refractivity contribution in [1.29, 1.82) is 0 Å². The smallest absolute Gasteiger partial charge is 0.341 e. The summed E-state index contributed by atoms with van der Waals surface area (Å²) in [6, 6.07) is 13.3. The van der Waals surface area contributed by atoms with E-state index in [2.05, 4.69) is 10.4 Å². The minimum Gasteiger partial charge on any atom is -0.479 e. The van der Waals surface area contributed by atoms with Gasteiger partial charge in [0.05, 0.1) is 24.5 Å². The number of carboxylic acids is 1. The highest BCUT2D eigenvalue weighted by Gasteiger charge is 2.53. The number of carboxylic acid groups (broad SMARTS) is 1. The van der Waals surface area contributed by atoms with Gasteiger partial charge in [-0.1, -0.05) is 42.5 Å². The molecule has 2 aromatic rings. The third-order valence-corrected chi connectivity index (χ3v) is 5.24. The van der Waals surface area contributed by atoms with E-state index in [1.54, 1.807) is 42.3 Å². The molecule has 2 aromatic carbocycles. The molecular weight excluding hydrogens is 428 g/mol. The molecule has 0 bridgehead atoms. The zero-order valence-corrected chi connectivity index (χ0v) is 17.7. The van der Waals surface area contributed by atoms with E-state index in [4.69, 9.17) is 16.4 Å². The van der Waals surface area contributed by atoms with Crippen LogP contribution in [0.3, 0.4) is 0 Å². The molecule has 0 radical (unpaired) electrons. The van der Waals surface area contributed by atoms with Crippen LogP contribution >= 0.6 is 0 Å². The first-order chi connectivity index (χ1) is 16.0. The van der Waals surface area contributed by atoms with Crippen molar-refractivity contribution < 1.29 is 24.2 Å². The average Bonchev–Trinajstić information content (AvgIpc) is 2.86. The van der Waals surface area contributed by atoms with Gasteiger partial charge < -0.3 is 20.2 Å². The van der Waals surface area contributed by atoms with E-state index in [1.807, 2.05) is 0 Å². The zero-order chi connectivity index (χ0) is 23.8. The summed E-state index contributed by atoms with van der Waals surface area (Å²) in [6.07, 6.45) is 1.20. The molecule has 1 aliphatic rings. The highest BCUT2D eigenvalue weighted by Crippen LogP contribution is 2.41. The molecular formula is C22H24N6O5. The van der Waals surface area contributed by atoms with Gasteiger partial charge in [0.2, 0.25) is 5.54 Å². The van der Waals surface area contributed by atoms with E-state index < -0.39 is 17.5 Å². The molecule has 1 saturated heterocycles. The first kappa shape index (κ1) is 23.6. The Hall–Kier alpha value is -4.02. The number of amides is 2. The number of carbonyl (C=O) groups is 2. The molecule has 1 aliphatic heterocycles. The number of benzene rings is 2. The number of carbonyl (C=O) groups excluding carboxylic acids is 2. The van der Waals surface area contributed by atoms with E-state index in [-0.39, 0.29) is 43.0 Å². The number of aliphatic imine (C=N–C) groups is 1. The lowest BCUT2D eigenvalue weighted by molar-refractivity contribution is -0.147. The van der Waals surface area contributed by atoms with Crippen molar-refractivity contribution in [2.24, 2.45) is 16.7 Å². The molecule has 0 spiro atoms. The van der Waals surface area contributed by atoms with Gasteiger partial charge in [-0.2, -0.15) is 0 Å². The quantitative estimate of drug-likeness (QED) is 0.119. The van der Waals surface area contributed by atoms with Gasteiger partial charge in [-0.3, -0.25) is 0 Å². The topological polar surface area (TPSA) is 164 Å². The fourth-order valence-corrected chi connectivity index (χ4v) is 3.66. The number of nitrogens with one attached hydrogen (secondary N) is 1. The van der Waals surface area contributed by atoms with Gasteiger partial charge in [-0.25, -0.2) is 36.1 Å². The van der Waals surface area contributed by atoms with Crippen LogP contribution in [-0.2, 0) is 19.9 Å². The highest BCUT2D eigenvalue weighted by molar-refractivity contribution is 6.08. The van der Waals surface area contributed by atoms with Crippen molar-refractivity contribution in [3.8, 4) is 0 Å². The van der Waals surface area contributed by atoms with Crippen molar-refractivity contribution in [3.63, 3.8) is 0 Å². The van der Waals surface area contributed by atoms with Crippen molar-refractivity contribution in [2.45, 2.75) is 5.54 Å². The third kappa shape index (κ3) is 4.61. The van der Waals surface area contributed by atoms with Gasteiger partial charge >= 0.3 is 12.0 Å². The van der Waals surface area contributed by atoms with Crippen LogP contribution in [0.2, 0.25) is 0 Å². The molecule has 6 N–H and O–H groups in total. The molecule has 0 saturated carbocycles. The summed E-state index contributed by atoms with van der Waals surface area (Å²) < 4.78 is 5.27. The fourth-order valence-electron chi connectivity index (χ4n) is 3.66. The minimum absolute atomic E-state index is 0.0352. The maximum atomic E-state index is 13.3. The zero-order valence-electron chi connectivity index (χ0n) is 17.7. The average molecular weight is 452 g/mol. The number of ether oxygens (including phenoxy) is 1. The lowest BCUT2D eigenvalue weighted by Gasteiger charge is -2.41. The second-order valence-corrected chi connectivity index (χ2v) is 7.09. The summed E-state index contributed by atoms with van der Waals surface area (Å²) in [5, 5.41) is 11.1. The van der Waals surface area contributed by atoms with E-state index in [9.17, 15) is 19.5 Å². The lowest BCUT2D eigenvalue weighted by Crippen LogP contribution is -2.63. The summed E-state index contributed by atoms with van der Waals surface area (Å²) in [4.78, 5) is 44.0. The number of nitrogens with zero attached hydrogens (tertiary/aromatic N) is 3. The SMILES string of the molecule is NNC=Nc1cccc([C@@](C(=O)O)(C(=C=O)c2ccccc2)N(N)C(=O)N2CCOCC2)c1. The van der Waals surface area contributed by atoms with Gasteiger partial charge in [0.1, 0.15) is 12.3 Å². The van der Waals surface area contributed by atoms with Crippen LogP contribution in [0, 0.1) is 0 Å². The molecule has 1 atom stereocenters. The van der Waals surface area contributed by atoms with E-state index >= 15 is 0 Å². The highest BCUT2D eigenvalue weighted by atomic mass is 16.5. The Kier molecular flexibility index (Phi) is 7.54. The van der Waals surface area contributed by atoms with Gasteiger partial charge in [-0.05, 0) is 23.3 Å². The van der Waals surface area contributed by atoms with Crippen molar-refractivity contribution in [3.05, 3.63) is 65.7 Å². The maximum Gasteiger partial charge on any atom is 0.341 e. The Morgan fingerprint density at radius 1 is 1.18 bits per heavy atom. The Balaban J connectivity index is 2.26. The van der Waals surface area contributed by atoms with E-state index in [0.717, 1.165) is 0 Å². The minimum atomic E-state index is -2.40. The Labute approximate surface area is 189 Å². The maximum absolute atomic E-state index is 13.3. The van der Waals surface area contributed by atoms with Crippen LogP contribution < -0.4 is 17.1 Å². The molecule has 1 heterocycles. The molecule has 3 rings (SSSR count). The normalized spacial score (nSPS) is 15.4. The summed E-state index contributed by atoms with van der Waals surface area (Å²) in [7, 11) is 0. The van der Waals surface area contributed by atoms with Crippen LogP contribution in [0.15, 0.2) is 59.6 Å². The van der Waals surface area contributed by atoms with E-state index in [1.165, 1.54) is 29.4 Å². The number of urea groups is 1. The molecule has 11 heteroatoms. The summed E-state index contributed by atoms with van der Waals surface area (Å²) in [6.45, 7) is 1.01. The second kappa shape index (κ2) is 10.5. The van der Waals surface area contributed by atoms with E-state index in [0.29, 0.717) is 10.7 Å². The van der Waals surface area contributed by atoms with Gasteiger partial charge in [0.15, 0.2) is 0 Å². The van der Waals surface area contributed by atoms with Crippen molar-refractivity contribution in [1.82, 2.24) is 15.3 Å². The number of rotatable bonds is 7. The summed E-state index contributed by atoms with van der Waals surface area (Å²) in [5.74, 6) is 11.7. The standard InChI is InChI=1S/C22H24N6O5/c23-26-15-25-18-8-4-7-17(13-18)22(20(30)31,19(14-29)16-5-2-1-3-6-16)28(24)21(32)27-9-11-33-12-10-27/h1-8,13,15H,9-12,23-24H2,(H,25,26)(H,30,31)/t22-/m0/s1. The second-order valence-electron chi connectivity index (χ2n) is 7.09. The molecule has 0 unspecified atom stereocenters. The largest absolute Gasteiger partial charge is 0.479 e. The molecule has 33 heavy (non-hydrogen) atoms. The van der Waals surface area contributed by atoms with Crippen LogP contribution in [0.25, 0.3) is 5.57 Å². The van der Waals surface area contributed by atoms with Crippen molar-refractivity contribution in [2.75, 3.05) is 26.3 Å². The molecule has 1 fully saturated rings.